The summed E-state index contributed by atoms with van der Waals surface area (Å²) in [5.74, 6) is 0.845. The van der Waals surface area contributed by atoms with Crippen molar-refractivity contribution in [3.63, 3.8) is 0 Å². The number of nitrogens with two attached hydrogens (primary N) is 1. The molecule has 7 heteroatoms. The van der Waals surface area contributed by atoms with Crippen LogP contribution in [-0.2, 0) is 11.3 Å². The molecular formula is C26H25N3O4. The van der Waals surface area contributed by atoms with Gasteiger partial charge in [-0.2, -0.15) is 0 Å². The predicted molar refractivity (Wildman–Crippen MR) is 127 cm³/mol. The molecule has 2 amide bonds. The molecule has 0 atom stereocenters. The number of nitrogen functional groups attached to an aromatic ring is 1. The van der Waals surface area contributed by atoms with Crippen molar-refractivity contribution in [2.45, 2.75) is 25.4 Å². The number of fused-ring (bicyclic) bond motifs is 1. The van der Waals surface area contributed by atoms with Crippen LogP contribution in [0.15, 0.2) is 66.7 Å². The maximum atomic E-state index is 12.8. The van der Waals surface area contributed by atoms with Gasteiger partial charge in [0.2, 0.25) is 0 Å². The summed E-state index contributed by atoms with van der Waals surface area (Å²) in [4.78, 5) is 27.0. The van der Waals surface area contributed by atoms with Crippen LogP contribution < -0.4 is 20.7 Å². The van der Waals surface area contributed by atoms with Gasteiger partial charge in [0.1, 0.15) is 19.0 Å². The van der Waals surface area contributed by atoms with Gasteiger partial charge in [-0.15, -0.1) is 0 Å². The molecule has 0 unspecified atom stereocenters. The molecule has 0 aromatic heterocycles. The summed E-state index contributed by atoms with van der Waals surface area (Å²) in [6, 6.07) is 20.3. The fourth-order valence-corrected chi connectivity index (χ4v) is 3.88. The van der Waals surface area contributed by atoms with E-state index in [9.17, 15) is 9.59 Å². The molecule has 0 spiro atoms. The first-order valence-electron chi connectivity index (χ1n) is 11.0. The lowest BCUT2D eigenvalue weighted by atomic mass is 10.1. The number of para-hydroxylation sites is 2. The second kappa shape index (κ2) is 8.86. The number of carbonyl (C=O) groups is 2. The normalized spacial score (nSPS) is 14.7. The van der Waals surface area contributed by atoms with E-state index in [4.69, 9.17) is 15.2 Å². The van der Waals surface area contributed by atoms with Crippen molar-refractivity contribution >= 4 is 29.1 Å². The van der Waals surface area contributed by atoms with Crippen LogP contribution in [0, 0.1) is 0 Å². The van der Waals surface area contributed by atoms with E-state index < -0.39 is 6.09 Å². The van der Waals surface area contributed by atoms with Crippen LogP contribution in [0.2, 0.25) is 0 Å². The van der Waals surface area contributed by atoms with Gasteiger partial charge in [-0.25, -0.2) is 4.79 Å². The topological polar surface area (TPSA) is 93.9 Å². The Morgan fingerprint density at radius 3 is 2.61 bits per heavy atom. The Labute approximate surface area is 192 Å². The highest BCUT2D eigenvalue weighted by molar-refractivity contribution is 6.06. The molecule has 3 aromatic rings. The van der Waals surface area contributed by atoms with E-state index in [-0.39, 0.29) is 12.5 Å². The Hall–Kier alpha value is -4.00. The summed E-state index contributed by atoms with van der Waals surface area (Å²) < 4.78 is 11.3. The number of nitrogens with zero attached hydrogens (tertiary/aromatic N) is 1. The minimum atomic E-state index is -0.444. The maximum absolute atomic E-state index is 12.8. The zero-order chi connectivity index (χ0) is 22.8. The van der Waals surface area contributed by atoms with Crippen molar-refractivity contribution in [1.29, 1.82) is 0 Å². The molecule has 3 N–H and O–H groups in total. The maximum Gasteiger partial charge on any atom is 0.414 e. The summed E-state index contributed by atoms with van der Waals surface area (Å²) in [5, 5.41) is 2.80. The lowest BCUT2D eigenvalue weighted by Gasteiger charge is -2.29. The lowest BCUT2D eigenvalue weighted by molar-refractivity contribution is 0.102. The number of benzene rings is 3. The fraction of sp³-hybridized carbons (Fsp3) is 0.231. The second-order valence-electron chi connectivity index (χ2n) is 8.29. The first kappa shape index (κ1) is 20.9. The standard InChI is InChI=1S/C26H25N3O4/c27-21-3-1-2-4-22(21)28-25(30)20-11-12-23-24(15-20)32-14-13-29(23)26(31)33-16-17-5-7-18(8-6-17)19-9-10-19/h1-8,11-12,15,19H,9-10,13-14,16,27H2,(H,28,30). The summed E-state index contributed by atoms with van der Waals surface area (Å²) in [6.45, 7) is 0.892. The van der Waals surface area contributed by atoms with E-state index in [0.717, 1.165) is 5.56 Å². The van der Waals surface area contributed by atoms with E-state index >= 15 is 0 Å². The van der Waals surface area contributed by atoms with Crippen LogP contribution in [0.25, 0.3) is 0 Å². The van der Waals surface area contributed by atoms with Gasteiger partial charge in [-0.05, 0) is 60.2 Å². The van der Waals surface area contributed by atoms with Crippen molar-refractivity contribution in [3.8, 4) is 5.75 Å². The van der Waals surface area contributed by atoms with Gasteiger partial charge in [0.05, 0.1) is 23.6 Å². The quantitative estimate of drug-likeness (QED) is 0.545. The molecule has 168 valence electrons. The van der Waals surface area contributed by atoms with Crippen molar-refractivity contribution in [2.75, 3.05) is 29.1 Å². The van der Waals surface area contributed by atoms with E-state index in [1.54, 1.807) is 42.5 Å². The van der Waals surface area contributed by atoms with Gasteiger partial charge in [0.25, 0.3) is 5.91 Å². The molecule has 0 radical (unpaired) electrons. The Kier molecular flexibility index (Phi) is 5.60. The number of amides is 2. The Morgan fingerprint density at radius 2 is 1.85 bits per heavy atom. The number of anilines is 3. The molecule has 5 rings (SSSR count). The van der Waals surface area contributed by atoms with E-state index in [2.05, 4.69) is 17.4 Å². The van der Waals surface area contributed by atoms with Gasteiger partial charge >= 0.3 is 6.09 Å². The molecule has 3 aromatic carbocycles. The van der Waals surface area contributed by atoms with Gasteiger partial charge in [-0.1, -0.05) is 36.4 Å². The minimum Gasteiger partial charge on any atom is -0.490 e. The number of rotatable bonds is 5. The summed E-state index contributed by atoms with van der Waals surface area (Å²) in [5.41, 5.74) is 10.2. The highest BCUT2D eigenvalue weighted by atomic mass is 16.6. The molecular weight excluding hydrogens is 418 g/mol. The van der Waals surface area contributed by atoms with Crippen LogP contribution >= 0.6 is 0 Å². The summed E-state index contributed by atoms with van der Waals surface area (Å²) >= 11 is 0. The third-order valence-electron chi connectivity index (χ3n) is 5.91. The molecule has 1 aliphatic carbocycles. The number of hydrogen-bond acceptors (Lipinski definition) is 5. The monoisotopic (exact) mass is 443 g/mol. The van der Waals surface area contributed by atoms with Crippen molar-refractivity contribution in [3.05, 3.63) is 83.4 Å². The molecule has 0 bridgehead atoms. The average molecular weight is 444 g/mol. The molecule has 1 aliphatic heterocycles. The van der Waals surface area contributed by atoms with Crippen LogP contribution in [0.3, 0.4) is 0 Å². The fourth-order valence-electron chi connectivity index (χ4n) is 3.88. The zero-order valence-electron chi connectivity index (χ0n) is 18.1. The number of nitrogens with one attached hydrogen (secondary N) is 1. The zero-order valence-corrected chi connectivity index (χ0v) is 18.1. The van der Waals surface area contributed by atoms with E-state index in [0.29, 0.717) is 47.4 Å². The Morgan fingerprint density at radius 1 is 1.06 bits per heavy atom. The van der Waals surface area contributed by atoms with Crippen LogP contribution in [0.1, 0.15) is 40.2 Å². The van der Waals surface area contributed by atoms with Crippen molar-refractivity contribution < 1.29 is 19.1 Å². The third-order valence-corrected chi connectivity index (χ3v) is 5.91. The highest BCUT2D eigenvalue weighted by Gasteiger charge is 2.26. The van der Waals surface area contributed by atoms with Crippen LogP contribution in [-0.4, -0.2) is 25.2 Å². The Balaban J connectivity index is 1.25. The summed E-state index contributed by atoms with van der Waals surface area (Å²) in [6.07, 6.45) is 2.07. The molecule has 7 nitrogen and oxygen atoms in total. The number of carbonyl (C=O) groups excluding carboxylic acids is 2. The van der Waals surface area contributed by atoms with Crippen molar-refractivity contribution in [1.82, 2.24) is 0 Å². The number of ether oxygens (including phenoxy) is 2. The number of hydrogen-bond donors (Lipinski definition) is 2. The minimum absolute atomic E-state index is 0.204. The van der Waals surface area contributed by atoms with Crippen LogP contribution in [0.4, 0.5) is 21.9 Å². The first-order valence-corrected chi connectivity index (χ1v) is 11.0. The highest BCUT2D eigenvalue weighted by Crippen LogP contribution is 2.40. The summed E-state index contributed by atoms with van der Waals surface area (Å²) in [7, 11) is 0. The largest absolute Gasteiger partial charge is 0.490 e. The van der Waals surface area contributed by atoms with Gasteiger partial charge in [-0.3, -0.25) is 9.69 Å². The van der Waals surface area contributed by atoms with Gasteiger partial charge < -0.3 is 20.5 Å². The van der Waals surface area contributed by atoms with E-state index in [1.807, 2.05) is 12.1 Å². The molecule has 0 saturated heterocycles. The molecule has 1 heterocycles. The smallest absolute Gasteiger partial charge is 0.414 e. The average Bonchev–Trinajstić information content (AvgIpc) is 3.69. The predicted octanol–water partition coefficient (Wildman–Crippen LogP) is 4.93. The molecule has 1 fully saturated rings. The van der Waals surface area contributed by atoms with Crippen LogP contribution in [0.5, 0.6) is 5.75 Å². The second-order valence-corrected chi connectivity index (χ2v) is 8.29. The Bertz CT molecular complexity index is 1190. The molecule has 33 heavy (non-hydrogen) atoms. The van der Waals surface area contributed by atoms with Gasteiger partial charge in [0.15, 0.2) is 0 Å². The van der Waals surface area contributed by atoms with E-state index in [1.165, 1.54) is 23.3 Å². The van der Waals surface area contributed by atoms with Crippen molar-refractivity contribution in [2.24, 2.45) is 0 Å². The molecule has 1 saturated carbocycles. The first-order chi connectivity index (χ1) is 16.1. The third kappa shape index (κ3) is 4.62. The molecule has 2 aliphatic rings. The SMILES string of the molecule is Nc1ccccc1NC(=O)c1ccc2c(c1)OCCN2C(=O)OCc1ccc(C2CC2)cc1. The lowest BCUT2D eigenvalue weighted by Crippen LogP contribution is -2.38. The van der Waals surface area contributed by atoms with Gasteiger partial charge in [0, 0.05) is 5.56 Å².